The Morgan fingerprint density at radius 3 is 2.70 bits per heavy atom. The van der Waals surface area contributed by atoms with Crippen molar-refractivity contribution in [3.05, 3.63) is 45.4 Å². The maximum atomic E-state index is 13.1. The molecule has 2 aromatic heterocycles. The molecule has 0 bridgehead atoms. The first-order valence-electron chi connectivity index (χ1n) is 8.98. The van der Waals surface area contributed by atoms with Gasteiger partial charge in [-0.15, -0.1) is 23.1 Å². The molecule has 1 aromatic carbocycles. The second-order valence-electron chi connectivity index (χ2n) is 6.56. The largest absolute Gasteiger partial charge is 0.447 e. The van der Waals surface area contributed by atoms with Crippen LogP contribution in [0.25, 0.3) is 10.1 Å². The number of Topliss-reactive ketones (excluding diaryl/α,β-unsaturated/α-hetero) is 1. The monoisotopic (exact) mass is 534 g/mol. The van der Waals surface area contributed by atoms with E-state index in [1.165, 1.54) is 23.6 Å². The molecular weight excluding hydrogens is 517 g/mol. The van der Waals surface area contributed by atoms with Gasteiger partial charge in [0.1, 0.15) is 5.03 Å². The number of nitrogens with two attached hydrogens (primary N) is 1. The van der Waals surface area contributed by atoms with Crippen LogP contribution in [0.5, 0.6) is 0 Å². The third kappa shape index (κ3) is 5.52. The Balaban J connectivity index is 1.84. The van der Waals surface area contributed by atoms with Gasteiger partial charge in [-0.25, -0.2) is 4.98 Å². The number of carbonyl (C=O) groups is 1. The Morgan fingerprint density at radius 1 is 1.33 bits per heavy atom. The number of benzene rings is 1. The molecular formula is C20H18BrF3N2OS3. The number of anilines is 1. The fourth-order valence-electron chi connectivity index (χ4n) is 3.05. The first-order valence-corrected chi connectivity index (χ1v) is 12.4. The van der Waals surface area contributed by atoms with E-state index in [0.29, 0.717) is 10.4 Å². The summed E-state index contributed by atoms with van der Waals surface area (Å²) in [6.07, 6.45) is 1.54. The average Bonchev–Trinajstić information content (AvgIpc) is 2.98. The highest BCUT2D eigenvalue weighted by atomic mass is 79.9. The highest BCUT2D eigenvalue weighted by molar-refractivity contribution is 9.10. The number of alkyl halides is 3. The summed E-state index contributed by atoms with van der Waals surface area (Å²) in [6, 6.07) is 7.17. The Bertz CT molecular complexity index is 1090. The standard InChI is InChI=1S/C20H18BrF3N2OS3/c1-3-28-18-12-5-4-11(21)7-16(12)29-19(18)15(27)6-10(2)13-9-26-17(8-14(13)25)30-20(22,23)24/h4-5,7-10H,3,6H2,1-2H3,(H2,25,26). The molecule has 0 aliphatic carbocycles. The summed E-state index contributed by atoms with van der Waals surface area (Å²) in [4.78, 5) is 18.7. The zero-order valence-corrected chi connectivity index (χ0v) is 20.1. The first kappa shape index (κ1) is 23.4. The minimum absolute atomic E-state index is 0.0103. The van der Waals surface area contributed by atoms with Crippen molar-refractivity contribution >= 4 is 72.3 Å². The summed E-state index contributed by atoms with van der Waals surface area (Å²) in [5, 5.41) is 0.847. The van der Waals surface area contributed by atoms with E-state index in [9.17, 15) is 18.0 Å². The quantitative estimate of drug-likeness (QED) is 0.248. The van der Waals surface area contributed by atoms with Crippen LogP contribution in [0.2, 0.25) is 0 Å². The van der Waals surface area contributed by atoms with E-state index in [1.54, 1.807) is 11.8 Å². The third-order valence-corrected chi connectivity index (χ3v) is 7.82. The lowest BCUT2D eigenvalue weighted by molar-refractivity contribution is -0.0329. The summed E-state index contributed by atoms with van der Waals surface area (Å²) in [5.74, 6) is 0.558. The van der Waals surface area contributed by atoms with Crippen molar-refractivity contribution in [2.24, 2.45) is 0 Å². The van der Waals surface area contributed by atoms with Gasteiger partial charge in [0, 0.05) is 49.5 Å². The minimum atomic E-state index is -4.42. The Labute approximate surface area is 193 Å². The molecule has 30 heavy (non-hydrogen) atoms. The van der Waals surface area contributed by atoms with Gasteiger partial charge in [0.2, 0.25) is 0 Å². The number of nitrogen functional groups attached to an aromatic ring is 1. The van der Waals surface area contributed by atoms with Gasteiger partial charge in [0.15, 0.2) is 5.78 Å². The second kappa shape index (κ2) is 9.50. The molecule has 0 saturated heterocycles. The summed E-state index contributed by atoms with van der Waals surface area (Å²) in [7, 11) is 0. The fraction of sp³-hybridized carbons (Fsp3) is 0.300. The van der Waals surface area contributed by atoms with E-state index in [4.69, 9.17) is 5.73 Å². The van der Waals surface area contributed by atoms with Crippen LogP contribution in [-0.2, 0) is 0 Å². The second-order valence-corrected chi connectivity index (χ2v) is 10.9. The van der Waals surface area contributed by atoms with Crippen LogP contribution in [0.3, 0.4) is 0 Å². The van der Waals surface area contributed by atoms with E-state index < -0.39 is 5.51 Å². The van der Waals surface area contributed by atoms with E-state index in [2.05, 4.69) is 20.9 Å². The zero-order valence-electron chi connectivity index (χ0n) is 16.0. The van der Waals surface area contributed by atoms with Crippen LogP contribution >= 0.6 is 50.8 Å². The number of pyridine rings is 1. The van der Waals surface area contributed by atoms with Crippen molar-refractivity contribution in [3.63, 3.8) is 0 Å². The Hall–Kier alpha value is -1.23. The predicted molar refractivity (Wildman–Crippen MR) is 124 cm³/mol. The molecule has 0 saturated carbocycles. The van der Waals surface area contributed by atoms with Crippen LogP contribution in [0, 0.1) is 0 Å². The van der Waals surface area contributed by atoms with Gasteiger partial charge in [0.25, 0.3) is 0 Å². The molecule has 160 valence electrons. The number of thiophene rings is 1. The van der Waals surface area contributed by atoms with Gasteiger partial charge >= 0.3 is 5.51 Å². The molecule has 0 amide bonds. The number of thioether (sulfide) groups is 2. The smallest absolute Gasteiger partial charge is 0.398 e. The summed E-state index contributed by atoms with van der Waals surface area (Å²) < 4.78 is 39.6. The number of halogens is 4. The SMILES string of the molecule is CCSc1c(C(=O)CC(C)c2cnc(SC(F)(F)F)cc2N)sc2cc(Br)ccc12. The maximum Gasteiger partial charge on any atom is 0.447 e. The lowest BCUT2D eigenvalue weighted by atomic mass is 9.95. The number of carbonyl (C=O) groups excluding carboxylic acids is 1. The lowest BCUT2D eigenvalue weighted by Crippen LogP contribution is -2.08. The van der Waals surface area contributed by atoms with Crippen LogP contribution in [-0.4, -0.2) is 22.0 Å². The molecule has 0 aliphatic rings. The van der Waals surface area contributed by atoms with E-state index in [1.807, 2.05) is 32.0 Å². The molecule has 0 spiro atoms. The van der Waals surface area contributed by atoms with E-state index >= 15 is 0 Å². The molecule has 3 aromatic rings. The zero-order chi connectivity index (χ0) is 22.1. The normalized spacial score (nSPS) is 13.0. The highest BCUT2D eigenvalue weighted by Gasteiger charge is 2.30. The number of fused-ring (bicyclic) bond motifs is 1. The van der Waals surface area contributed by atoms with Crippen molar-refractivity contribution < 1.29 is 18.0 Å². The average molecular weight is 535 g/mol. The van der Waals surface area contributed by atoms with Crippen molar-refractivity contribution in [1.29, 1.82) is 0 Å². The van der Waals surface area contributed by atoms with E-state index in [-0.39, 0.29) is 40.6 Å². The number of aromatic nitrogens is 1. The van der Waals surface area contributed by atoms with Crippen LogP contribution in [0.15, 0.2) is 44.9 Å². The van der Waals surface area contributed by atoms with Crippen LogP contribution in [0.4, 0.5) is 18.9 Å². The van der Waals surface area contributed by atoms with Gasteiger partial charge in [-0.05, 0) is 35.4 Å². The number of hydrogen-bond acceptors (Lipinski definition) is 6. The van der Waals surface area contributed by atoms with Gasteiger partial charge in [-0.1, -0.05) is 35.8 Å². The topological polar surface area (TPSA) is 56.0 Å². The van der Waals surface area contributed by atoms with Gasteiger partial charge < -0.3 is 5.73 Å². The number of nitrogens with zero attached hydrogens (tertiary/aromatic N) is 1. The summed E-state index contributed by atoms with van der Waals surface area (Å²) >= 11 is 6.26. The Morgan fingerprint density at radius 2 is 2.07 bits per heavy atom. The molecule has 3 rings (SSSR count). The molecule has 3 nitrogen and oxygen atoms in total. The van der Waals surface area contributed by atoms with Gasteiger partial charge in [-0.3, -0.25) is 4.79 Å². The van der Waals surface area contributed by atoms with Gasteiger partial charge in [0.05, 0.1) is 4.88 Å². The van der Waals surface area contributed by atoms with Crippen LogP contribution < -0.4 is 5.73 Å². The number of ketones is 1. The highest BCUT2D eigenvalue weighted by Crippen LogP contribution is 2.41. The van der Waals surface area contributed by atoms with Crippen molar-refractivity contribution in [1.82, 2.24) is 4.98 Å². The molecule has 1 atom stereocenters. The summed E-state index contributed by atoms with van der Waals surface area (Å²) in [5.41, 5.74) is 2.33. The van der Waals surface area contributed by atoms with Crippen molar-refractivity contribution in [2.75, 3.05) is 11.5 Å². The molecule has 2 heterocycles. The molecule has 0 fully saturated rings. The lowest BCUT2D eigenvalue weighted by Gasteiger charge is -2.14. The van der Waals surface area contributed by atoms with Crippen molar-refractivity contribution in [2.45, 2.75) is 41.6 Å². The molecule has 0 radical (unpaired) electrons. The number of hydrogen-bond donors (Lipinski definition) is 1. The molecule has 2 N–H and O–H groups in total. The van der Waals surface area contributed by atoms with Crippen molar-refractivity contribution in [3.8, 4) is 0 Å². The fourth-order valence-corrected chi connectivity index (χ4v) is 6.41. The minimum Gasteiger partial charge on any atom is -0.398 e. The van der Waals surface area contributed by atoms with Gasteiger partial charge in [-0.2, -0.15) is 13.2 Å². The molecule has 1 unspecified atom stereocenters. The summed E-state index contributed by atoms with van der Waals surface area (Å²) in [6.45, 7) is 3.87. The predicted octanol–water partition coefficient (Wildman–Crippen LogP) is 7.74. The number of rotatable bonds is 7. The molecule has 10 heteroatoms. The maximum absolute atomic E-state index is 13.1. The molecule has 0 aliphatic heterocycles. The van der Waals surface area contributed by atoms with Crippen LogP contribution in [0.1, 0.15) is 41.4 Å². The third-order valence-electron chi connectivity index (χ3n) is 4.33. The van der Waals surface area contributed by atoms with E-state index in [0.717, 1.165) is 25.2 Å². The first-order chi connectivity index (χ1) is 14.1. The Kier molecular flexibility index (Phi) is 7.42.